The molecule has 1 aliphatic rings. The first-order valence-electron chi connectivity index (χ1n) is 5.15. The molecular weight excluding hydrogens is 194 g/mol. The SMILES string of the molecule is Cc1cnn(C2CCN(C(=O)O)CC2)c1. The predicted octanol–water partition coefficient (Wildman–Crippen LogP) is 1.51. The van der Waals surface area contributed by atoms with Gasteiger partial charge in [-0.25, -0.2) is 4.79 Å². The lowest BCUT2D eigenvalue weighted by Crippen LogP contribution is -2.38. The van der Waals surface area contributed by atoms with Crippen LogP contribution >= 0.6 is 0 Å². The summed E-state index contributed by atoms with van der Waals surface area (Å²) < 4.78 is 1.95. The molecular formula is C10H15N3O2. The maximum Gasteiger partial charge on any atom is 0.407 e. The molecule has 1 fully saturated rings. The summed E-state index contributed by atoms with van der Waals surface area (Å²) in [5, 5.41) is 13.1. The van der Waals surface area contributed by atoms with Gasteiger partial charge in [-0.3, -0.25) is 4.68 Å². The first-order valence-corrected chi connectivity index (χ1v) is 5.15. The number of aryl methyl sites for hydroxylation is 1. The number of nitrogens with zero attached hydrogens (tertiary/aromatic N) is 3. The largest absolute Gasteiger partial charge is 0.465 e. The van der Waals surface area contributed by atoms with Crippen molar-refractivity contribution < 1.29 is 9.90 Å². The molecule has 5 heteroatoms. The Morgan fingerprint density at radius 2 is 2.20 bits per heavy atom. The van der Waals surface area contributed by atoms with Gasteiger partial charge in [0.15, 0.2) is 0 Å². The van der Waals surface area contributed by atoms with Gasteiger partial charge in [0.1, 0.15) is 0 Å². The second-order valence-corrected chi connectivity index (χ2v) is 4.00. The summed E-state index contributed by atoms with van der Waals surface area (Å²) >= 11 is 0. The molecule has 0 atom stereocenters. The van der Waals surface area contributed by atoms with Crippen LogP contribution in [0.3, 0.4) is 0 Å². The highest BCUT2D eigenvalue weighted by atomic mass is 16.4. The Balaban J connectivity index is 1.96. The predicted molar refractivity (Wildman–Crippen MR) is 54.8 cm³/mol. The average Bonchev–Trinajstić information content (AvgIpc) is 2.65. The third-order valence-electron chi connectivity index (χ3n) is 2.84. The van der Waals surface area contributed by atoms with Crippen LogP contribution < -0.4 is 0 Å². The molecule has 2 heterocycles. The number of rotatable bonds is 1. The van der Waals surface area contributed by atoms with Crippen LogP contribution in [-0.2, 0) is 0 Å². The van der Waals surface area contributed by atoms with Crippen LogP contribution in [-0.4, -0.2) is 39.0 Å². The van der Waals surface area contributed by atoms with E-state index in [4.69, 9.17) is 5.11 Å². The van der Waals surface area contributed by atoms with Gasteiger partial charge >= 0.3 is 6.09 Å². The van der Waals surface area contributed by atoms with Gasteiger partial charge in [-0.1, -0.05) is 0 Å². The zero-order chi connectivity index (χ0) is 10.8. The molecule has 5 nitrogen and oxygen atoms in total. The maximum atomic E-state index is 10.7. The lowest BCUT2D eigenvalue weighted by molar-refractivity contribution is 0.124. The number of carbonyl (C=O) groups is 1. The van der Waals surface area contributed by atoms with Crippen LogP contribution in [0.15, 0.2) is 12.4 Å². The highest BCUT2D eigenvalue weighted by molar-refractivity contribution is 5.64. The van der Waals surface area contributed by atoms with Gasteiger partial charge in [0.05, 0.1) is 12.2 Å². The number of likely N-dealkylation sites (tertiary alicyclic amines) is 1. The van der Waals surface area contributed by atoms with Crippen molar-refractivity contribution in [2.45, 2.75) is 25.8 Å². The molecule has 0 aliphatic carbocycles. The average molecular weight is 209 g/mol. The fourth-order valence-corrected chi connectivity index (χ4v) is 1.95. The van der Waals surface area contributed by atoms with Gasteiger partial charge in [0.2, 0.25) is 0 Å². The third kappa shape index (κ3) is 2.11. The fourth-order valence-electron chi connectivity index (χ4n) is 1.95. The van der Waals surface area contributed by atoms with E-state index in [-0.39, 0.29) is 0 Å². The van der Waals surface area contributed by atoms with Crippen LogP contribution in [0, 0.1) is 6.92 Å². The van der Waals surface area contributed by atoms with Gasteiger partial charge in [-0.2, -0.15) is 5.10 Å². The van der Waals surface area contributed by atoms with Crippen molar-refractivity contribution >= 4 is 6.09 Å². The van der Waals surface area contributed by atoms with E-state index in [1.807, 2.05) is 24.0 Å². The molecule has 1 aliphatic heterocycles. The smallest absolute Gasteiger partial charge is 0.407 e. The van der Waals surface area contributed by atoms with Gasteiger partial charge in [-0.05, 0) is 25.3 Å². The second-order valence-electron chi connectivity index (χ2n) is 4.00. The van der Waals surface area contributed by atoms with Gasteiger partial charge in [0.25, 0.3) is 0 Å². The van der Waals surface area contributed by atoms with Gasteiger partial charge < -0.3 is 10.0 Å². The number of hydrogen-bond acceptors (Lipinski definition) is 2. The third-order valence-corrected chi connectivity index (χ3v) is 2.84. The standard InChI is InChI=1S/C10H15N3O2/c1-8-6-11-13(7-8)9-2-4-12(5-3-9)10(14)15/h6-7,9H,2-5H2,1H3,(H,14,15). The summed E-state index contributed by atoms with van der Waals surface area (Å²) in [6.07, 6.45) is 4.75. The van der Waals surface area contributed by atoms with Gasteiger partial charge in [0, 0.05) is 19.3 Å². The molecule has 0 unspecified atom stereocenters. The lowest BCUT2D eigenvalue weighted by Gasteiger charge is -2.29. The van der Waals surface area contributed by atoms with Crippen molar-refractivity contribution in [3.05, 3.63) is 18.0 Å². The molecule has 1 saturated heterocycles. The van der Waals surface area contributed by atoms with E-state index in [1.165, 1.54) is 4.90 Å². The second kappa shape index (κ2) is 3.92. The first kappa shape index (κ1) is 10.0. The topological polar surface area (TPSA) is 58.4 Å². The first-order chi connectivity index (χ1) is 7.16. The Bertz CT molecular complexity index is 353. The van der Waals surface area contributed by atoms with Crippen molar-refractivity contribution in [1.82, 2.24) is 14.7 Å². The Labute approximate surface area is 88.3 Å². The van der Waals surface area contributed by atoms with Crippen LogP contribution in [0.4, 0.5) is 4.79 Å². The maximum absolute atomic E-state index is 10.7. The molecule has 0 spiro atoms. The van der Waals surface area contributed by atoms with Crippen LogP contribution in [0.2, 0.25) is 0 Å². The number of piperidine rings is 1. The van der Waals surface area contributed by atoms with E-state index < -0.39 is 6.09 Å². The number of carboxylic acid groups (broad SMARTS) is 1. The van der Waals surface area contributed by atoms with E-state index in [2.05, 4.69) is 5.10 Å². The van der Waals surface area contributed by atoms with Crippen LogP contribution in [0.5, 0.6) is 0 Å². The van der Waals surface area contributed by atoms with Crippen molar-refractivity contribution in [2.24, 2.45) is 0 Å². The van der Waals surface area contributed by atoms with Crippen LogP contribution in [0.1, 0.15) is 24.4 Å². The molecule has 1 N–H and O–H groups in total. The molecule has 15 heavy (non-hydrogen) atoms. The minimum Gasteiger partial charge on any atom is -0.465 e. The van der Waals surface area contributed by atoms with E-state index in [9.17, 15) is 4.79 Å². The minimum absolute atomic E-state index is 0.356. The van der Waals surface area contributed by atoms with E-state index in [0.29, 0.717) is 19.1 Å². The van der Waals surface area contributed by atoms with Crippen molar-refractivity contribution in [3.63, 3.8) is 0 Å². The zero-order valence-electron chi connectivity index (χ0n) is 8.76. The monoisotopic (exact) mass is 209 g/mol. The summed E-state index contributed by atoms with van der Waals surface area (Å²) in [6.45, 7) is 3.23. The molecule has 0 bridgehead atoms. The van der Waals surface area contributed by atoms with E-state index in [0.717, 1.165) is 18.4 Å². The molecule has 1 aromatic rings. The Morgan fingerprint density at radius 1 is 1.53 bits per heavy atom. The lowest BCUT2D eigenvalue weighted by atomic mass is 10.1. The summed E-state index contributed by atoms with van der Waals surface area (Å²) in [7, 11) is 0. The molecule has 0 saturated carbocycles. The van der Waals surface area contributed by atoms with Crippen molar-refractivity contribution in [1.29, 1.82) is 0 Å². The summed E-state index contributed by atoms with van der Waals surface area (Å²) in [5.74, 6) is 0. The molecule has 1 aromatic heterocycles. The number of hydrogen-bond donors (Lipinski definition) is 1. The van der Waals surface area contributed by atoms with E-state index in [1.54, 1.807) is 0 Å². The number of amides is 1. The Kier molecular flexibility index (Phi) is 2.62. The summed E-state index contributed by atoms with van der Waals surface area (Å²) in [6, 6.07) is 0.356. The van der Waals surface area contributed by atoms with Crippen molar-refractivity contribution in [3.8, 4) is 0 Å². The summed E-state index contributed by atoms with van der Waals surface area (Å²) in [4.78, 5) is 12.2. The molecule has 0 aromatic carbocycles. The highest BCUT2D eigenvalue weighted by Crippen LogP contribution is 2.21. The Morgan fingerprint density at radius 3 is 2.67 bits per heavy atom. The molecule has 1 amide bonds. The fraction of sp³-hybridized carbons (Fsp3) is 0.600. The van der Waals surface area contributed by atoms with Crippen LogP contribution in [0.25, 0.3) is 0 Å². The molecule has 0 radical (unpaired) electrons. The van der Waals surface area contributed by atoms with E-state index >= 15 is 0 Å². The number of aromatic nitrogens is 2. The summed E-state index contributed by atoms with van der Waals surface area (Å²) in [5.41, 5.74) is 1.15. The van der Waals surface area contributed by atoms with Crippen molar-refractivity contribution in [2.75, 3.05) is 13.1 Å². The highest BCUT2D eigenvalue weighted by Gasteiger charge is 2.23. The minimum atomic E-state index is -0.815. The van der Waals surface area contributed by atoms with Gasteiger partial charge in [-0.15, -0.1) is 0 Å². The zero-order valence-corrected chi connectivity index (χ0v) is 8.76. The quantitative estimate of drug-likeness (QED) is 0.762. The normalized spacial score (nSPS) is 18.1. The Hall–Kier alpha value is -1.52. The molecule has 2 rings (SSSR count). The molecule has 82 valence electrons.